The molecule has 1 aliphatic heterocycles. The van der Waals surface area contributed by atoms with Crippen LogP contribution in [0.5, 0.6) is 0 Å². The van der Waals surface area contributed by atoms with Gasteiger partial charge in [-0.15, -0.1) is 0 Å². The number of hydroxylamine groups is 1. The molecule has 1 aliphatic rings. The zero-order valence-electron chi connectivity index (χ0n) is 13.0. The SMILES string of the molecule is O=C(NO)c1ccc(NC2CCN(c3cc(Cl)ccc3F)C2=O)cc1. The molecule has 3 rings (SSSR count). The molecule has 1 saturated heterocycles. The van der Waals surface area contributed by atoms with Crippen molar-refractivity contribution in [2.24, 2.45) is 0 Å². The maximum absolute atomic E-state index is 14.0. The number of benzene rings is 2. The topological polar surface area (TPSA) is 81.7 Å². The first-order valence-electron chi connectivity index (χ1n) is 7.57. The van der Waals surface area contributed by atoms with Crippen LogP contribution in [0.1, 0.15) is 16.8 Å². The Morgan fingerprint density at radius 3 is 2.64 bits per heavy atom. The highest BCUT2D eigenvalue weighted by molar-refractivity contribution is 6.31. The number of hydrogen-bond acceptors (Lipinski definition) is 4. The van der Waals surface area contributed by atoms with E-state index in [0.29, 0.717) is 23.7 Å². The molecule has 6 nitrogen and oxygen atoms in total. The highest BCUT2D eigenvalue weighted by Crippen LogP contribution is 2.28. The van der Waals surface area contributed by atoms with Crippen LogP contribution in [-0.2, 0) is 4.79 Å². The largest absolute Gasteiger partial charge is 0.374 e. The van der Waals surface area contributed by atoms with Gasteiger partial charge in [0.1, 0.15) is 11.9 Å². The van der Waals surface area contributed by atoms with E-state index >= 15 is 0 Å². The third kappa shape index (κ3) is 3.57. The summed E-state index contributed by atoms with van der Waals surface area (Å²) in [6.07, 6.45) is 0.504. The van der Waals surface area contributed by atoms with E-state index in [0.717, 1.165) is 0 Å². The lowest BCUT2D eigenvalue weighted by Gasteiger charge is -2.18. The van der Waals surface area contributed by atoms with Crippen LogP contribution in [0.15, 0.2) is 42.5 Å². The van der Waals surface area contributed by atoms with Crippen LogP contribution in [0, 0.1) is 5.82 Å². The molecule has 2 aromatic carbocycles. The summed E-state index contributed by atoms with van der Waals surface area (Å²) in [6.45, 7) is 0.374. The average Bonchev–Trinajstić information content (AvgIpc) is 2.97. The Bertz CT molecular complexity index is 813. The first-order valence-corrected chi connectivity index (χ1v) is 7.95. The van der Waals surface area contributed by atoms with E-state index in [-0.39, 0.29) is 17.2 Å². The molecular formula is C17H15ClFN3O3. The lowest BCUT2D eigenvalue weighted by molar-refractivity contribution is -0.117. The maximum atomic E-state index is 14.0. The molecular weight excluding hydrogens is 349 g/mol. The first-order chi connectivity index (χ1) is 12.0. The molecule has 0 radical (unpaired) electrons. The molecule has 2 amide bonds. The van der Waals surface area contributed by atoms with Crippen LogP contribution in [0.3, 0.4) is 0 Å². The minimum absolute atomic E-state index is 0.164. The summed E-state index contributed by atoms with van der Waals surface area (Å²) in [4.78, 5) is 25.2. The third-order valence-corrected chi connectivity index (χ3v) is 4.23. The molecule has 1 unspecified atom stereocenters. The molecule has 0 bridgehead atoms. The van der Waals surface area contributed by atoms with Gasteiger partial charge in [0.05, 0.1) is 5.69 Å². The number of amides is 2. The predicted molar refractivity (Wildman–Crippen MR) is 91.5 cm³/mol. The Hall–Kier alpha value is -2.64. The Morgan fingerprint density at radius 1 is 1.24 bits per heavy atom. The number of hydrogen-bond donors (Lipinski definition) is 3. The number of rotatable bonds is 4. The highest BCUT2D eigenvalue weighted by atomic mass is 35.5. The molecule has 0 saturated carbocycles. The molecule has 1 heterocycles. The van der Waals surface area contributed by atoms with Gasteiger partial charge >= 0.3 is 0 Å². The summed E-state index contributed by atoms with van der Waals surface area (Å²) in [5, 5.41) is 12.0. The van der Waals surface area contributed by atoms with Gasteiger partial charge in [0.15, 0.2) is 0 Å². The van der Waals surface area contributed by atoms with Gasteiger partial charge in [-0.1, -0.05) is 11.6 Å². The van der Waals surface area contributed by atoms with E-state index in [9.17, 15) is 14.0 Å². The molecule has 3 N–H and O–H groups in total. The molecule has 1 atom stereocenters. The van der Waals surface area contributed by atoms with Gasteiger partial charge in [-0.05, 0) is 48.9 Å². The minimum atomic E-state index is -0.619. The molecule has 130 valence electrons. The number of carbonyl (C=O) groups excluding carboxylic acids is 2. The first kappa shape index (κ1) is 17.2. The van der Waals surface area contributed by atoms with Crippen LogP contribution >= 0.6 is 11.6 Å². The van der Waals surface area contributed by atoms with Crippen LogP contribution in [0.4, 0.5) is 15.8 Å². The second-order valence-corrected chi connectivity index (χ2v) is 6.03. The van der Waals surface area contributed by atoms with Crippen molar-refractivity contribution in [2.45, 2.75) is 12.5 Å². The molecule has 1 fully saturated rings. The quantitative estimate of drug-likeness (QED) is 0.576. The van der Waals surface area contributed by atoms with Gasteiger partial charge in [-0.2, -0.15) is 0 Å². The third-order valence-electron chi connectivity index (χ3n) is 3.99. The number of anilines is 2. The normalized spacial score (nSPS) is 16.8. The molecule has 8 heteroatoms. The summed E-state index contributed by atoms with van der Waals surface area (Å²) in [7, 11) is 0. The van der Waals surface area contributed by atoms with E-state index in [1.54, 1.807) is 17.6 Å². The van der Waals surface area contributed by atoms with E-state index < -0.39 is 17.8 Å². The van der Waals surface area contributed by atoms with Crippen molar-refractivity contribution in [3.8, 4) is 0 Å². The predicted octanol–water partition coefficient (Wildman–Crippen LogP) is 2.82. The Kier molecular flexibility index (Phi) is 4.87. The van der Waals surface area contributed by atoms with Crippen molar-refractivity contribution in [3.05, 3.63) is 58.9 Å². The van der Waals surface area contributed by atoms with Crippen molar-refractivity contribution in [2.75, 3.05) is 16.8 Å². The summed E-state index contributed by atoms with van der Waals surface area (Å²) >= 11 is 5.89. The summed E-state index contributed by atoms with van der Waals surface area (Å²) in [6, 6.07) is 9.87. The highest BCUT2D eigenvalue weighted by Gasteiger charge is 2.33. The van der Waals surface area contributed by atoms with Crippen molar-refractivity contribution < 1.29 is 19.2 Å². The van der Waals surface area contributed by atoms with E-state index in [1.165, 1.54) is 35.2 Å². The van der Waals surface area contributed by atoms with Gasteiger partial charge in [-0.3, -0.25) is 14.8 Å². The van der Waals surface area contributed by atoms with Crippen molar-refractivity contribution in [3.63, 3.8) is 0 Å². The van der Waals surface area contributed by atoms with Crippen molar-refractivity contribution >= 4 is 34.8 Å². The lowest BCUT2D eigenvalue weighted by atomic mass is 10.1. The van der Waals surface area contributed by atoms with Crippen molar-refractivity contribution in [1.82, 2.24) is 5.48 Å². The molecule has 2 aromatic rings. The summed E-state index contributed by atoms with van der Waals surface area (Å²) in [5.74, 6) is -1.37. The number of nitrogens with zero attached hydrogens (tertiary/aromatic N) is 1. The summed E-state index contributed by atoms with van der Waals surface area (Å²) < 4.78 is 14.0. The summed E-state index contributed by atoms with van der Waals surface area (Å²) in [5.41, 5.74) is 2.64. The second kappa shape index (κ2) is 7.08. The fraction of sp³-hybridized carbons (Fsp3) is 0.176. The van der Waals surface area contributed by atoms with Crippen LogP contribution in [-0.4, -0.2) is 29.6 Å². The fourth-order valence-electron chi connectivity index (χ4n) is 2.73. The Morgan fingerprint density at radius 2 is 1.96 bits per heavy atom. The van der Waals surface area contributed by atoms with Gasteiger partial charge in [-0.25, -0.2) is 9.87 Å². The molecule has 0 spiro atoms. The molecule has 25 heavy (non-hydrogen) atoms. The zero-order valence-corrected chi connectivity index (χ0v) is 13.8. The van der Waals surface area contributed by atoms with Gasteiger partial charge in [0, 0.05) is 22.8 Å². The van der Waals surface area contributed by atoms with Crippen LogP contribution in [0.2, 0.25) is 5.02 Å². The molecule has 0 aliphatic carbocycles. The lowest BCUT2D eigenvalue weighted by Crippen LogP contribution is -2.33. The van der Waals surface area contributed by atoms with Gasteiger partial charge < -0.3 is 10.2 Å². The smallest absolute Gasteiger partial charge is 0.274 e. The number of halogens is 2. The van der Waals surface area contributed by atoms with Crippen LogP contribution in [0.25, 0.3) is 0 Å². The van der Waals surface area contributed by atoms with E-state index in [4.69, 9.17) is 16.8 Å². The monoisotopic (exact) mass is 363 g/mol. The van der Waals surface area contributed by atoms with Gasteiger partial charge in [0.25, 0.3) is 5.91 Å². The Balaban J connectivity index is 1.72. The van der Waals surface area contributed by atoms with E-state index in [2.05, 4.69) is 5.32 Å². The van der Waals surface area contributed by atoms with Crippen molar-refractivity contribution in [1.29, 1.82) is 0 Å². The Labute approximate surface area is 148 Å². The zero-order chi connectivity index (χ0) is 18.0. The number of nitrogens with one attached hydrogen (secondary N) is 2. The number of carbonyl (C=O) groups is 2. The minimum Gasteiger partial charge on any atom is -0.374 e. The maximum Gasteiger partial charge on any atom is 0.274 e. The second-order valence-electron chi connectivity index (χ2n) is 5.59. The van der Waals surface area contributed by atoms with E-state index in [1.807, 2.05) is 0 Å². The van der Waals surface area contributed by atoms with Crippen LogP contribution < -0.4 is 15.7 Å². The fourth-order valence-corrected chi connectivity index (χ4v) is 2.90. The average molecular weight is 364 g/mol. The van der Waals surface area contributed by atoms with Gasteiger partial charge in [0.2, 0.25) is 5.91 Å². The standard InChI is InChI=1S/C17H15ClFN3O3/c18-11-3-6-13(19)15(9-11)22-8-7-14(17(22)24)20-12-4-1-10(2-5-12)16(23)21-25/h1-6,9,14,20,25H,7-8H2,(H,21,23). The molecule has 0 aromatic heterocycles.